The molecule has 0 heterocycles. The third kappa shape index (κ3) is 5.27. The number of aliphatic carboxylic acids is 1. The van der Waals surface area contributed by atoms with Crippen LogP contribution in [0.5, 0.6) is 5.75 Å². The largest absolute Gasteiger partial charge is 0.508 e. The van der Waals surface area contributed by atoms with E-state index in [-0.39, 0.29) is 30.9 Å². The van der Waals surface area contributed by atoms with Crippen LogP contribution in [-0.4, -0.2) is 41.7 Å². The molecule has 0 atom stereocenters. The normalized spacial score (nSPS) is 11.7. The quantitative estimate of drug-likeness (QED) is 0.780. The van der Waals surface area contributed by atoms with Gasteiger partial charge >= 0.3 is 5.97 Å². The monoisotopic (exact) mass is 287 g/mol. The number of carbonyl (C=O) groups is 1. The summed E-state index contributed by atoms with van der Waals surface area (Å²) in [5, 5.41) is 17.8. The van der Waals surface area contributed by atoms with Gasteiger partial charge in [0.05, 0.1) is 5.75 Å². The molecule has 1 rings (SSSR count). The first-order valence-electron chi connectivity index (χ1n) is 5.75. The highest BCUT2D eigenvalue weighted by molar-refractivity contribution is 7.89. The SMILES string of the molecule is CN(Cc1cccc(O)c1)S(=O)(=O)CCCC(=O)O. The van der Waals surface area contributed by atoms with Gasteiger partial charge in [-0.1, -0.05) is 12.1 Å². The molecule has 0 radical (unpaired) electrons. The van der Waals surface area contributed by atoms with E-state index in [9.17, 15) is 18.3 Å². The minimum atomic E-state index is -3.48. The first kappa shape index (κ1) is 15.5. The third-order valence-electron chi connectivity index (χ3n) is 2.58. The molecule has 0 spiro atoms. The van der Waals surface area contributed by atoms with Gasteiger partial charge in [0.15, 0.2) is 0 Å². The average Bonchev–Trinajstić information content (AvgIpc) is 2.28. The standard InChI is InChI=1S/C12H17NO5S/c1-13(9-10-4-2-5-11(14)8-10)19(17,18)7-3-6-12(15)16/h2,4-5,8,14H,3,6-7,9H2,1H3,(H,15,16). The number of hydrogen-bond donors (Lipinski definition) is 2. The van der Waals surface area contributed by atoms with E-state index >= 15 is 0 Å². The summed E-state index contributed by atoms with van der Waals surface area (Å²) >= 11 is 0. The molecule has 0 aliphatic heterocycles. The van der Waals surface area contributed by atoms with E-state index in [4.69, 9.17) is 5.11 Å². The first-order valence-corrected chi connectivity index (χ1v) is 7.36. The van der Waals surface area contributed by atoms with Crippen molar-refractivity contribution in [3.63, 3.8) is 0 Å². The molecule has 0 saturated heterocycles. The van der Waals surface area contributed by atoms with Crippen molar-refractivity contribution in [2.24, 2.45) is 0 Å². The lowest BCUT2D eigenvalue weighted by atomic mass is 10.2. The first-order chi connectivity index (χ1) is 8.81. The van der Waals surface area contributed by atoms with Gasteiger partial charge in [-0.3, -0.25) is 4.79 Å². The Balaban J connectivity index is 2.61. The summed E-state index contributed by atoms with van der Waals surface area (Å²) in [6.45, 7) is 0.143. The molecule has 1 aromatic rings. The van der Waals surface area contributed by atoms with Crippen molar-refractivity contribution in [1.29, 1.82) is 0 Å². The molecule has 6 nitrogen and oxygen atoms in total. The lowest BCUT2D eigenvalue weighted by Gasteiger charge is -2.17. The second-order valence-electron chi connectivity index (χ2n) is 4.24. The lowest BCUT2D eigenvalue weighted by molar-refractivity contribution is -0.137. The van der Waals surface area contributed by atoms with E-state index in [1.54, 1.807) is 12.1 Å². The number of aromatic hydroxyl groups is 1. The number of carboxylic acid groups (broad SMARTS) is 1. The molecule has 1 aromatic carbocycles. The minimum absolute atomic E-state index is 0.0779. The third-order valence-corrected chi connectivity index (χ3v) is 4.47. The van der Waals surface area contributed by atoms with Crippen LogP contribution in [0.1, 0.15) is 18.4 Å². The molecule has 2 N–H and O–H groups in total. The van der Waals surface area contributed by atoms with Crippen molar-refractivity contribution < 1.29 is 23.4 Å². The van der Waals surface area contributed by atoms with Gasteiger partial charge in [-0.2, -0.15) is 0 Å². The summed E-state index contributed by atoms with van der Waals surface area (Å²) in [6, 6.07) is 6.34. The summed E-state index contributed by atoms with van der Waals surface area (Å²) < 4.78 is 24.9. The van der Waals surface area contributed by atoms with Crippen LogP contribution in [0.3, 0.4) is 0 Å². The summed E-state index contributed by atoms with van der Waals surface area (Å²) in [5.41, 5.74) is 0.671. The number of benzene rings is 1. The number of hydrogen-bond acceptors (Lipinski definition) is 4. The Morgan fingerprint density at radius 1 is 1.37 bits per heavy atom. The van der Waals surface area contributed by atoms with Crippen molar-refractivity contribution in [3.8, 4) is 5.75 Å². The molecular weight excluding hydrogens is 270 g/mol. The van der Waals surface area contributed by atoms with Crippen LogP contribution in [0, 0.1) is 0 Å². The number of nitrogens with zero attached hydrogens (tertiary/aromatic N) is 1. The highest BCUT2D eigenvalue weighted by Crippen LogP contribution is 2.14. The molecule has 19 heavy (non-hydrogen) atoms. The second-order valence-corrected chi connectivity index (χ2v) is 6.43. The topological polar surface area (TPSA) is 94.9 Å². The Morgan fingerprint density at radius 3 is 2.63 bits per heavy atom. The Bertz CT molecular complexity index is 541. The summed E-state index contributed by atoms with van der Waals surface area (Å²) in [5.74, 6) is -1.13. The van der Waals surface area contributed by atoms with E-state index in [0.29, 0.717) is 5.56 Å². The van der Waals surface area contributed by atoms with Crippen LogP contribution in [0.4, 0.5) is 0 Å². The molecule has 0 bridgehead atoms. The molecular formula is C12H17NO5S. The van der Waals surface area contributed by atoms with Gasteiger partial charge in [0.25, 0.3) is 0 Å². The molecule has 0 aliphatic carbocycles. The average molecular weight is 287 g/mol. The summed E-state index contributed by atoms with van der Waals surface area (Å²) in [7, 11) is -2.05. The number of phenolic OH excluding ortho intramolecular Hbond substituents is 1. The van der Waals surface area contributed by atoms with E-state index in [2.05, 4.69) is 0 Å². The zero-order valence-corrected chi connectivity index (χ0v) is 11.4. The van der Waals surface area contributed by atoms with Gasteiger partial charge in [-0.15, -0.1) is 0 Å². The highest BCUT2D eigenvalue weighted by Gasteiger charge is 2.18. The second kappa shape index (κ2) is 6.53. The van der Waals surface area contributed by atoms with Gasteiger partial charge < -0.3 is 10.2 Å². The number of rotatable bonds is 7. The maximum absolute atomic E-state index is 11.9. The van der Waals surface area contributed by atoms with E-state index < -0.39 is 16.0 Å². The molecule has 0 aliphatic rings. The van der Waals surface area contributed by atoms with Gasteiger partial charge in [-0.25, -0.2) is 12.7 Å². The smallest absolute Gasteiger partial charge is 0.303 e. The van der Waals surface area contributed by atoms with Crippen molar-refractivity contribution in [2.75, 3.05) is 12.8 Å². The fourth-order valence-electron chi connectivity index (χ4n) is 1.57. The van der Waals surface area contributed by atoms with Gasteiger partial charge in [0.1, 0.15) is 5.75 Å². The van der Waals surface area contributed by atoms with Crippen molar-refractivity contribution in [2.45, 2.75) is 19.4 Å². The van der Waals surface area contributed by atoms with Crippen molar-refractivity contribution in [3.05, 3.63) is 29.8 Å². The van der Waals surface area contributed by atoms with Crippen LogP contribution in [0.25, 0.3) is 0 Å². The molecule has 0 unspecified atom stereocenters. The van der Waals surface area contributed by atoms with E-state index in [0.717, 1.165) is 4.31 Å². The molecule has 0 aromatic heterocycles. The number of sulfonamides is 1. The van der Waals surface area contributed by atoms with Crippen LogP contribution in [0.2, 0.25) is 0 Å². The fraction of sp³-hybridized carbons (Fsp3) is 0.417. The Morgan fingerprint density at radius 2 is 2.05 bits per heavy atom. The van der Waals surface area contributed by atoms with Crippen molar-refractivity contribution in [1.82, 2.24) is 4.31 Å². The molecule has 7 heteroatoms. The zero-order chi connectivity index (χ0) is 14.5. The highest BCUT2D eigenvalue weighted by atomic mass is 32.2. The van der Waals surface area contributed by atoms with Gasteiger partial charge in [-0.05, 0) is 24.1 Å². The fourth-order valence-corrected chi connectivity index (χ4v) is 2.74. The Kier molecular flexibility index (Phi) is 5.31. The van der Waals surface area contributed by atoms with Crippen LogP contribution in [-0.2, 0) is 21.4 Å². The molecule has 106 valence electrons. The Labute approximate surface area is 112 Å². The van der Waals surface area contributed by atoms with Gasteiger partial charge in [0.2, 0.25) is 10.0 Å². The Hall–Kier alpha value is -1.60. The van der Waals surface area contributed by atoms with E-state index in [1.807, 2.05) is 0 Å². The summed E-state index contributed by atoms with van der Waals surface area (Å²) in [6.07, 6.45) is -0.0821. The van der Waals surface area contributed by atoms with Gasteiger partial charge in [0, 0.05) is 20.0 Å². The lowest BCUT2D eigenvalue weighted by Crippen LogP contribution is -2.29. The predicted molar refractivity (Wildman–Crippen MR) is 70.2 cm³/mol. The van der Waals surface area contributed by atoms with Crippen LogP contribution >= 0.6 is 0 Å². The predicted octanol–water partition coefficient (Wildman–Crippen LogP) is 1.02. The van der Waals surface area contributed by atoms with Crippen molar-refractivity contribution >= 4 is 16.0 Å². The molecule has 0 amide bonds. The minimum Gasteiger partial charge on any atom is -0.508 e. The molecule has 0 fully saturated rings. The zero-order valence-electron chi connectivity index (χ0n) is 10.6. The van der Waals surface area contributed by atoms with E-state index in [1.165, 1.54) is 19.2 Å². The molecule has 0 saturated carbocycles. The maximum Gasteiger partial charge on any atom is 0.303 e. The summed E-state index contributed by atoms with van der Waals surface area (Å²) in [4.78, 5) is 10.3. The maximum atomic E-state index is 11.9. The number of carboxylic acids is 1. The van der Waals surface area contributed by atoms with Crippen LogP contribution < -0.4 is 0 Å². The number of phenols is 1. The van der Waals surface area contributed by atoms with Crippen LogP contribution in [0.15, 0.2) is 24.3 Å².